The van der Waals surface area contributed by atoms with E-state index >= 15 is 0 Å². The zero-order valence-electron chi connectivity index (χ0n) is 11.2. The Hall–Kier alpha value is -1.20. The number of fused-ring (bicyclic) bond motifs is 1. The number of hydrogen-bond acceptors (Lipinski definition) is 4. The number of Topliss-reactive ketones (excluding diaryl/α,β-unsaturated/α-hetero) is 1. The predicted octanol–water partition coefficient (Wildman–Crippen LogP) is 4.06. The second kappa shape index (κ2) is 5.66. The van der Waals surface area contributed by atoms with E-state index in [1.165, 1.54) is 16.9 Å². The summed E-state index contributed by atoms with van der Waals surface area (Å²) in [5.41, 5.74) is 2.20. The third-order valence-electron chi connectivity index (χ3n) is 3.45. The molecule has 0 N–H and O–H groups in total. The first-order chi connectivity index (χ1) is 9.65. The molecule has 0 aliphatic heterocycles. The number of carbonyl (C=O) groups is 1. The molecule has 5 heteroatoms. The van der Waals surface area contributed by atoms with E-state index in [4.69, 9.17) is 0 Å². The minimum Gasteiger partial charge on any atom is -0.347 e. The highest BCUT2D eigenvalue weighted by Crippen LogP contribution is 2.32. The quantitative estimate of drug-likeness (QED) is 0.836. The molecule has 1 aromatic heterocycles. The smallest absolute Gasteiger partial charge is 0.186 e. The van der Waals surface area contributed by atoms with E-state index in [-0.39, 0.29) is 5.78 Å². The molecule has 2 aromatic rings. The molecule has 1 aliphatic rings. The fourth-order valence-corrected chi connectivity index (χ4v) is 3.82. The van der Waals surface area contributed by atoms with Crippen LogP contribution in [0.2, 0.25) is 0 Å². The van der Waals surface area contributed by atoms with Gasteiger partial charge < -0.3 is 4.90 Å². The van der Waals surface area contributed by atoms with Crippen molar-refractivity contribution in [3.8, 4) is 0 Å². The van der Waals surface area contributed by atoms with Crippen LogP contribution in [0.4, 0.5) is 5.13 Å². The number of aromatic nitrogens is 1. The molecule has 0 amide bonds. The Balaban J connectivity index is 1.83. The fraction of sp³-hybridized carbons (Fsp3) is 0.333. The van der Waals surface area contributed by atoms with Gasteiger partial charge in [-0.25, -0.2) is 4.98 Å². The van der Waals surface area contributed by atoms with Crippen molar-refractivity contribution in [3.05, 3.63) is 44.9 Å². The number of halogens is 1. The van der Waals surface area contributed by atoms with Crippen LogP contribution in [-0.2, 0) is 13.0 Å². The summed E-state index contributed by atoms with van der Waals surface area (Å²) in [5, 5.41) is 0.931. The number of anilines is 1. The zero-order chi connectivity index (χ0) is 14.1. The van der Waals surface area contributed by atoms with Gasteiger partial charge in [-0.3, -0.25) is 4.79 Å². The van der Waals surface area contributed by atoms with Gasteiger partial charge in [0.1, 0.15) is 0 Å². The van der Waals surface area contributed by atoms with Gasteiger partial charge in [-0.15, -0.1) is 0 Å². The monoisotopic (exact) mass is 350 g/mol. The molecule has 1 aliphatic carbocycles. The van der Waals surface area contributed by atoms with Crippen LogP contribution < -0.4 is 4.90 Å². The first-order valence-electron chi connectivity index (χ1n) is 6.62. The lowest BCUT2D eigenvalue weighted by atomic mass is 10.0. The summed E-state index contributed by atoms with van der Waals surface area (Å²) < 4.78 is 1.10. The van der Waals surface area contributed by atoms with Gasteiger partial charge in [-0.2, -0.15) is 0 Å². The largest absolute Gasteiger partial charge is 0.347 e. The maximum atomic E-state index is 11.9. The lowest BCUT2D eigenvalue weighted by Crippen LogP contribution is -2.16. The van der Waals surface area contributed by atoms with Gasteiger partial charge in [0.2, 0.25) is 0 Å². The maximum Gasteiger partial charge on any atom is 0.186 e. The van der Waals surface area contributed by atoms with Crippen LogP contribution in [0, 0.1) is 0 Å². The summed E-state index contributed by atoms with van der Waals surface area (Å²) in [7, 11) is 2.02. The number of aryl methyl sites for hydroxylation is 1. The average molecular weight is 351 g/mol. The Morgan fingerprint density at radius 2 is 2.15 bits per heavy atom. The molecule has 3 rings (SSSR count). The third-order valence-corrected chi connectivity index (χ3v) is 5.48. The molecule has 0 spiro atoms. The van der Waals surface area contributed by atoms with Crippen molar-refractivity contribution in [1.82, 2.24) is 4.98 Å². The summed E-state index contributed by atoms with van der Waals surface area (Å²) >= 11 is 5.09. The first kappa shape index (κ1) is 13.8. The lowest BCUT2D eigenvalue weighted by molar-refractivity contribution is 0.0976. The highest BCUT2D eigenvalue weighted by molar-refractivity contribution is 9.10. The van der Waals surface area contributed by atoms with Gasteiger partial charge in [-0.1, -0.05) is 45.5 Å². The number of rotatable bonds is 3. The van der Waals surface area contributed by atoms with Crippen molar-refractivity contribution in [1.29, 1.82) is 0 Å². The van der Waals surface area contributed by atoms with E-state index in [1.807, 2.05) is 25.2 Å². The second-order valence-electron chi connectivity index (χ2n) is 5.00. The molecule has 0 unspecified atom stereocenters. The molecule has 1 heterocycles. The molecule has 0 fully saturated rings. The SMILES string of the molecule is CN(Cc1ccccc1Br)c1nc2c(s1)C(=O)CCC2. The van der Waals surface area contributed by atoms with E-state index in [9.17, 15) is 4.79 Å². The van der Waals surface area contributed by atoms with Crippen molar-refractivity contribution in [2.45, 2.75) is 25.8 Å². The Kier molecular flexibility index (Phi) is 3.89. The third kappa shape index (κ3) is 2.65. The predicted molar refractivity (Wildman–Crippen MR) is 85.6 cm³/mol. The number of carbonyl (C=O) groups excluding carboxylic acids is 1. The van der Waals surface area contributed by atoms with Crippen LogP contribution in [0.3, 0.4) is 0 Å². The molecular weight excluding hydrogens is 336 g/mol. The van der Waals surface area contributed by atoms with Gasteiger partial charge in [0.05, 0.1) is 10.6 Å². The number of hydrogen-bond donors (Lipinski definition) is 0. The molecule has 104 valence electrons. The van der Waals surface area contributed by atoms with Crippen molar-refractivity contribution in [2.75, 3.05) is 11.9 Å². The van der Waals surface area contributed by atoms with E-state index in [0.29, 0.717) is 6.42 Å². The zero-order valence-corrected chi connectivity index (χ0v) is 13.6. The van der Waals surface area contributed by atoms with Crippen LogP contribution in [-0.4, -0.2) is 17.8 Å². The maximum absolute atomic E-state index is 11.9. The van der Waals surface area contributed by atoms with E-state index < -0.39 is 0 Å². The van der Waals surface area contributed by atoms with Crippen LogP contribution >= 0.6 is 27.3 Å². The molecule has 0 bridgehead atoms. The standard InChI is InChI=1S/C15H15BrN2OS/c1-18(9-10-5-2-3-6-11(10)16)15-17-12-7-4-8-13(19)14(12)20-15/h2-3,5-6H,4,7-9H2,1H3. The van der Waals surface area contributed by atoms with Crippen LogP contribution in [0.25, 0.3) is 0 Å². The van der Waals surface area contributed by atoms with Gasteiger partial charge >= 0.3 is 0 Å². The highest BCUT2D eigenvalue weighted by Gasteiger charge is 2.23. The molecule has 1 aromatic carbocycles. The average Bonchev–Trinajstić information content (AvgIpc) is 2.87. The minimum atomic E-state index is 0.254. The molecule has 20 heavy (non-hydrogen) atoms. The van der Waals surface area contributed by atoms with Crippen molar-refractivity contribution in [2.24, 2.45) is 0 Å². The van der Waals surface area contributed by atoms with Crippen molar-refractivity contribution >= 4 is 38.2 Å². The first-order valence-corrected chi connectivity index (χ1v) is 8.23. The lowest BCUT2D eigenvalue weighted by Gasteiger charge is -2.16. The van der Waals surface area contributed by atoms with Crippen LogP contribution in [0.5, 0.6) is 0 Å². The number of nitrogens with zero attached hydrogens (tertiary/aromatic N) is 2. The Morgan fingerprint density at radius 3 is 2.90 bits per heavy atom. The van der Waals surface area contributed by atoms with Crippen molar-refractivity contribution < 1.29 is 4.79 Å². The van der Waals surface area contributed by atoms with Gasteiger partial charge in [0.15, 0.2) is 10.9 Å². The summed E-state index contributed by atoms with van der Waals surface area (Å²) in [6.45, 7) is 0.780. The Morgan fingerprint density at radius 1 is 1.35 bits per heavy atom. The molecule has 0 radical (unpaired) electrons. The Bertz CT molecular complexity index is 653. The van der Waals surface area contributed by atoms with E-state index in [1.54, 1.807) is 0 Å². The second-order valence-corrected chi connectivity index (χ2v) is 6.83. The fourth-order valence-electron chi connectivity index (χ4n) is 2.37. The van der Waals surface area contributed by atoms with E-state index in [0.717, 1.165) is 39.6 Å². The molecule has 0 saturated heterocycles. The minimum absolute atomic E-state index is 0.254. The number of thiazole rings is 1. The van der Waals surface area contributed by atoms with Crippen LogP contribution in [0.1, 0.15) is 33.8 Å². The van der Waals surface area contributed by atoms with Gasteiger partial charge in [0, 0.05) is 24.5 Å². The molecule has 3 nitrogen and oxygen atoms in total. The van der Waals surface area contributed by atoms with Gasteiger partial charge in [-0.05, 0) is 24.5 Å². The normalized spacial score (nSPS) is 14.2. The van der Waals surface area contributed by atoms with Crippen LogP contribution in [0.15, 0.2) is 28.7 Å². The Labute approximate surface area is 130 Å². The highest BCUT2D eigenvalue weighted by atomic mass is 79.9. The molecular formula is C15H15BrN2OS. The van der Waals surface area contributed by atoms with E-state index in [2.05, 4.69) is 31.9 Å². The summed E-state index contributed by atoms with van der Waals surface area (Å²) in [6, 6.07) is 8.18. The number of ketones is 1. The molecule has 0 atom stereocenters. The summed E-state index contributed by atoms with van der Waals surface area (Å²) in [4.78, 5) is 19.5. The van der Waals surface area contributed by atoms with Crippen molar-refractivity contribution in [3.63, 3.8) is 0 Å². The summed E-state index contributed by atoms with van der Waals surface area (Å²) in [6.07, 6.45) is 2.53. The molecule has 0 saturated carbocycles. The topological polar surface area (TPSA) is 33.2 Å². The van der Waals surface area contributed by atoms with Gasteiger partial charge in [0.25, 0.3) is 0 Å². The summed E-state index contributed by atoms with van der Waals surface area (Å²) in [5.74, 6) is 0.254. The number of benzene rings is 1.